The summed E-state index contributed by atoms with van der Waals surface area (Å²) >= 11 is 6.10. The molecule has 1 N–H and O–H groups in total. The molecule has 1 aliphatic carbocycles. The summed E-state index contributed by atoms with van der Waals surface area (Å²) in [4.78, 5) is 40.0. The summed E-state index contributed by atoms with van der Waals surface area (Å²) in [5, 5.41) is 15.3. The number of nitro benzene ring substituents is 1. The van der Waals surface area contributed by atoms with Crippen molar-refractivity contribution >= 4 is 44.8 Å². The molecule has 1 atom stereocenters. The van der Waals surface area contributed by atoms with Crippen molar-refractivity contribution in [1.82, 2.24) is 10.2 Å². The molecule has 0 heterocycles. The highest BCUT2D eigenvalue weighted by Crippen LogP contribution is 2.30. The summed E-state index contributed by atoms with van der Waals surface area (Å²) in [7, 11) is -3.04. The van der Waals surface area contributed by atoms with Gasteiger partial charge in [-0.2, -0.15) is 0 Å². The summed E-state index contributed by atoms with van der Waals surface area (Å²) in [5.74, 6) is -0.459. The first-order chi connectivity index (χ1) is 21.9. The standard InChI is InChI=1S/C33H39ClN4O7S/c1-4-30(33(40)35-26-8-6-5-7-9-26)36(21-24-11-13-25(34)14-12-24)32(39)22-37(27-15-17-28(45-3)18-16-27)46(43,44)29-19-10-23(2)31(20-29)38(41)42/h10-20,26,30H,4-9,21-22H2,1-3H3,(H,35,40)/t30-/m0/s1. The molecule has 2 amide bonds. The number of nitro groups is 1. The van der Waals surface area contributed by atoms with Crippen molar-refractivity contribution < 1.29 is 27.7 Å². The van der Waals surface area contributed by atoms with Gasteiger partial charge in [0.1, 0.15) is 18.3 Å². The van der Waals surface area contributed by atoms with Gasteiger partial charge in [0.2, 0.25) is 11.8 Å². The number of halogens is 1. The van der Waals surface area contributed by atoms with Crippen molar-refractivity contribution in [2.75, 3.05) is 18.0 Å². The van der Waals surface area contributed by atoms with Crippen LogP contribution in [0, 0.1) is 17.0 Å². The van der Waals surface area contributed by atoms with Gasteiger partial charge in [-0.3, -0.25) is 24.0 Å². The van der Waals surface area contributed by atoms with Crippen LogP contribution in [0.4, 0.5) is 11.4 Å². The molecule has 0 aromatic heterocycles. The number of carbonyl (C=O) groups excluding carboxylic acids is 2. The number of hydrogen-bond acceptors (Lipinski definition) is 7. The quantitative estimate of drug-likeness (QED) is 0.173. The van der Waals surface area contributed by atoms with E-state index in [4.69, 9.17) is 16.3 Å². The molecule has 11 nitrogen and oxygen atoms in total. The maximum Gasteiger partial charge on any atom is 0.273 e. The largest absolute Gasteiger partial charge is 0.497 e. The van der Waals surface area contributed by atoms with E-state index in [2.05, 4.69) is 5.32 Å². The SMILES string of the molecule is CC[C@@H](C(=O)NC1CCCCC1)N(Cc1ccc(Cl)cc1)C(=O)CN(c1ccc(OC)cc1)S(=O)(=O)c1ccc(C)c([N+](=O)[O-])c1. The molecule has 46 heavy (non-hydrogen) atoms. The van der Waals surface area contributed by atoms with E-state index in [1.165, 1.54) is 43.2 Å². The van der Waals surface area contributed by atoms with Crippen LogP contribution >= 0.6 is 11.6 Å². The first-order valence-corrected chi connectivity index (χ1v) is 17.0. The van der Waals surface area contributed by atoms with Crippen molar-refractivity contribution in [3.63, 3.8) is 0 Å². The van der Waals surface area contributed by atoms with Crippen LogP contribution in [-0.2, 0) is 26.2 Å². The van der Waals surface area contributed by atoms with Crippen LogP contribution in [-0.4, -0.2) is 55.8 Å². The number of amides is 2. The van der Waals surface area contributed by atoms with E-state index in [1.807, 2.05) is 0 Å². The van der Waals surface area contributed by atoms with E-state index >= 15 is 0 Å². The summed E-state index contributed by atoms with van der Waals surface area (Å²) in [6.45, 7) is 2.67. The molecule has 1 fully saturated rings. The highest BCUT2D eigenvalue weighted by Gasteiger charge is 2.35. The molecular formula is C33H39ClN4O7S. The number of nitrogens with one attached hydrogen (secondary N) is 1. The van der Waals surface area contributed by atoms with Crippen LogP contribution in [0.15, 0.2) is 71.6 Å². The van der Waals surface area contributed by atoms with Crippen LogP contribution < -0.4 is 14.4 Å². The Hall–Kier alpha value is -4.16. The number of ether oxygens (including phenoxy) is 1. The van der Waals surface area contributed by atoms with Crippen molar-refractivity contribution in [2.24, 2.45) is 0 Å². The zero-order chi connectivity index (χ0) is 33.4. The zero-order valence-electron chi connectivity index (χ0n) is 26.1. The minimum Gasteiger partial charge on any atom is -0.497 e. The molecule has 0 unspecified atom stereocenters. The lowest BCUT2D eigenvalue weighted by Crippen LogP contribution is -2.54. The van der Waals surface area contributed by atoms with Gasteiger partial charge >= 0.3 is 0 Å². The molecule has 3 aromatic carbocycles. The van der Waals surface area contributed by atoms with Gasteiger partial charge in [0, 0.05) is 29.2 Å². The third-order valence-corrected chi connectivity index (χ3v) is 10.2. The fraction of sp³-hybridized carbons (Fsp3) is 0.394. The van der Waals surface area contributed by atoms with Gasteiger partial charge in [0.05, 0.1) is 22.6 Å². The Morgan fingerprint density at radius 1 is 1.04 bits per heavy atom. The van der Waals surface area contributed by atoms with Crippen molar-refractivity contribution in [3.05, 3.63) is 93.0 Å². The predicted molar refractivity (Wildman–Crippen MR) is 176 cm³/mol. The van der Waals surface area contributed by atoms with Crippen molar-refractivity contribution in [2.45, 2.75) is 75.9 Å². The summed E-state index contributed by atoms with van der Waals surface area (Å²) in [6.07, 6.45) is 5.16. The first kappa shape index (κ1) is 34.7. The molecule has 1 aliphatic rings. The van der Waals surface area contributed by atoms with Crippen LogP contribution in [0.25, 0.3) is 0 Å². The lowest BCUT2D eigenvalue weighted by Gasteiger charge is -2.34. The Morgan fingerprint density at radius 2 is 1.70 bits per heavy atom. The predicted octanol–water partition coefficient (Wildman–Crippen LogP) is 6.02. The Bertz CT molecular complexity index is 1640. The van der Waals surface area contributed by atoms with Gasteiger partial charge in [-0.05, 0) is 74.2 Å². The van der Waals surface area contributed by atoms with Gasteiger partial charge in [-0.25, -0.2) is 8.42 Å². The monoisotopic (exact) mass is 670 g/mol. The average molecular weight is 671 g/mol. The number of aryl methyl sites for hydroxylation is 1. The Balaban J connectivity index is 1.75. The summed E-state index contributed by atoms with van der Waals surface area (Å²) in [5.41, 5.74) is 0.773. The minimum atomic E-state index is -4.51. The number of nitrogens with zero attached hydrogens (tertiary/aromatic N) is 3. The molecule has 3 aromatic rings. The fourth-order valence-electron chi connectivity index (χ4n) is 5.60. The maximum absolute atomic E-state index is 14.3. The first-order valence-electron chi connectivity index (χ1n) is 15.2. The van der Waals surface area contributed by atoms with Gasteiger partial charge in [0.25, 0.3) is 15.7 Å². The highest BCUT2D eigenvalue weighted by atomic mass is 35.5. The number of sulfonamides is 1. The summed E-state index contributed by atoms with van der Waals surface area (Å²) in [6, 6.07) is 15.7. The molecule has 0 bridgehead atoms. The summed E-state index contributed by atoms with van der Waals surface area (Å²) < 4.78 is 34.5. The second-order valence-electron chi connectivity index (χ2n) is 11.3. The topological polar surface area (TPSA) is 139 Å². The highest BCUT2D eigenvalue weighted by molar-refractivity contribution is 7.92. The third-order valence-electron chi connectivity index (χ3n) is 8.21. The number of methoxy groups -OCH3 is 1. The number of rotatable bonds is 13. The second-order valence-corrected chi connectivity index (χ2v) is 13.6. The normalized spacial score (nSPS) is 14.3. The molecule has 0 spiro atoms. The zero-order valence-corrected chi connectivity index (χ0v) is 27.7. The average Bonchev–Trinajstić information content (AvgIpc) is 3.04. The number of benzene rings is 3. The molecule has 13 heteroatoms. The van der Waals surface area contributed by atoms with Gasteiger partial charge < -0.3 is 15.0 Å². The van der Waals surface area contributed by atoms with Crippen molar-refractivity contribution in [3.8, 4) is 5.75 Å². The van der Waals surface area contributed by atoms with Gasteiger partial charge in [0.15, 0.2) is 0 Å². The molecule has 4 rings (SSSR count). The minimum absolute atomic E-state index is 0.0105. The van der Waals surface area contributed by atoms with E-state index in [9.17, 15) is 28.1 Å². The number of hydrogen-bond donors (Lipinski definition) is 1. The van der Waals surface area contributed by atoms with E-state index in [1.54, 1.807) is 43.3 Å². The van der Waals surface area contributed by atoms with Crippen LogP contribution in [0.5, 0.6) is 5.75 Å². The Kier molecular flexibility index (Phi) is 11.6. The number of carbonyl (C=O) groups is 2. The van der Waals surface area contributed by atoms with E-state index in [0.29, 0.717) is 21.9 Å². The fourth-order valence-corrected chi connectivity index (χ4v) is 7.16. The van der Waals surface area contributed by atoms with Crippen molar-refractivity contribution in [1.29, 1.82) is 0 Å². The number of anilines is 1. The molecule has 0 radical (unpaired) electrons. The smallest absolute Gasteiger partial charge is 0.273 e. The van der Waals surface area contributed by atoms with Crippen LogP contribution in [0.2, 0.25) is 5.02 Å². The molecule has 0 aliphatic heterocycles. The Labute approximate surface area is 274 Å². The van der Waals surface area contributed by atoms with Crippen LogP contribution in [0.3, 0.4) is 0 Å². The molecular weight excluding hydrogens is 632 g/mol. The van der Waals surface area contributed by atoms with Gasteiger partial charge in [-0.15, -0.1) is 0 Å². The Morgan fingerprint density at radius 3 is 2.28 bits per heavy atom. The van der Waals surface area contributed by atoms with E-state index in [-0.39, 0.29) is 41.2 Å². The van der Waals surface area contributed by atoms with E-state index in [0.717, 1.165) is 42.5 Å². The molecule has 246 valence electrons. The molecule has 1 saturated carbocycles. The van der Waals surface area contributed by atoms with Crippen LogP contribution in [0.1, 0.15) is 56.6 Å². The lowest BCUT2D eigenvalue weighted by molar-refractivity contribution is -0.385. The van der Waals surface area contributed by atoms with E-state index < -0.39 is 33.4 Å². The third kappa shape index (κ3) is 8.35. The lowest BCUT2D eigenvalue weighted by atomic mass is 9.95. The van der Waals surface area contributed by atoms with Gasteiger partial charge in [-0.1, -0.05) is 56.0 Å². The maximum atomic E-state index is 14.3. The molecule has 0 saturated heterocycles. The second kappa shape index (κ2) is 15.4.